The van der Waals surface area contributed by atoms with E-state index in [0.717, 1.165) is 35.1 Å². The van der Waals surface area contributed by atoms with E-state index in [1.54, 1.807) is 6.92 Å². The van der Waals surface area contributed by atoms with Gasteiger partial charge in [-0.3, -0.25) is 0 Å². The van der Waals surface area contributed by atoms with Gasteiger partial charge in [0.2, 0.25) is 0 Å². The van der Waals surface area contributed by atoms with E-state index in [1.165, 1.54) is 0 Å². The van der Waals surface area contributed by atoms with Gasteiger partial charge in [0.15, 0.2) is 12.3 Å². The summed E-state index contributed by atoms with van der Waals surface area (Å²) in [5.41, 5.74) is 4.45. The third-order valence-electron chi connectivity index (χ3n) is 5.86. The number of carbonyl (C=O) groups excluding carboxylic acids is 1. The van der Waals surface area contributed by atoms with Gasteiger partial charge in [-0.2, -0.15) is 0 Å². The Morgan fingerprint density at radius 3 is 2.32 bits per heavy atom. The summed E-state index contributed by atoms with van der Waals surface area (Å²) in [5, 5.41) is 12.0. The summed E-state index contributed by atoms with van der Waals surface area (Å²) >= 11 is 0. The van der Waals surface area contributed by atoms with Crippen LogP contribution in [0.2, 0.25) is 0 Å². The minimum absolute atomic E-state index is 0.0919. The van der Waals surface area contributed by atoms with Gasteiger partial charge in [-0.1, -0.05) is 48.5 Å². The van der Waals surface area contributed by atoms with Crippen molar-refractivity contribution in [3.05, 3.63) is 59.7 Å². The highest BCUT2D eigenvalue weighted by Gasteiger charge is 2.32. The average molecular weight is 425 g/mol. The Hall–Kier alpha value is -2.90. The number of amides is 1. The lowest BCUT2D eigenvalue weighted by molar-refractivity contribution is -0.193. The van der Waals surface area contributed by atoms with Crippen LogP contribution < -0.4 is 5.32 Å². The van der Waals surface area contributed by atoms with E-state index in [1.807, 2.05) is 36.4 Å². The zero-order valence-corrected chi connectivity index (χ0v) is 17.5. The van der Waals surface area contributed by atoms with Gasteiger partial charge in [0.25, 0.3) is 0 Å². The van der Waals surface area contributed by atoms with Gasteiger partial charge in [-0.05, 0) is 48.4 Å². The Labute approximate surface area is 181 Å². The Balaban J connectivity index is 1.38. The zero-order chi connectivity index (χ0) is 21.8. The Bertz CT molecular complexity index is 894. The van der Waals surface area contributed by atoms with E-state index in [9.17, 15) is 14.7 Å². The summed E-state index contributed by atoms with van der Waals surface area (Å²) in [4.78, 5) is 24.2. The van der Waals surface area contributed by atoms with Crippen LogP contribution in [-0.2, 0) is 19.0 Å². The van der Waals surface area contributed by atoms with Gasteiger partial charge in [0, 0.05) is 12.5 Å². The van der Waals surface area contributed by atoms with Crippen molar-refractivity contribution in [3.8, 4) is 11.1 Å². The van der Waals surface area contributed by atoms with Crippen molar-refractivity contribution in [2.75, 3.05) is 13.2 Å². The van der Waals surface area contributed by atoms with Gasteiger partial charge in [-0.15, -0.1) is 0 Å². The summed E-state index contributed by atoms with van der Waals surface area (Å²) in [6, 6.07) is 14.8. The summed E-state index contributed by atoms with van der Waals surface area (Å²) in [7, 11) is 0. The SMILES string of the molecule is C[C@@H](OC1CCCCO1)[C@@H](NC(=O)OCC1c2ccccc2-c2ccccc21)C(=O)O. The first kappa shape index (κ1) is 21.3. The quantitative estimate of drug-likeness (QED) is 0.699. The van der Waals surface area contributed by atoms with Gasteiger partial charge in [-0.25, -0.2) is 9.59 Å². The van der Waals surface area contributed by atoms with Gasteiger partial charge in [0.1, 0.15) is 6.61 Å². The first-order valence-corrected chi connectivity index (χ1v) is 10.7. The summed E-state index contributed by atoms with van der Waals surface area (Å²) < 4.78 is 16.7. The number of carboxylic acids is 1. The highest BCUT2D eigenvalue weighted by Crippen LogP contribution is 2.44. The second-order valence-corrected chi connectivity index (χ2v) is 7.92. The lowest BCUT2D eigenvalue weighted by Crippen LogP contribution is -2.50. The molecule has 2 aromatic carbocycles. The smallest absolute Gasteiger partial charge is 0.407 e. The number of hydrogen-bond donors (Lipinski definition) is 2. The first-order valence-electron chi connectivity index (χ1n) is 10.7. The minimum Gasteiger partial charge on any atom is -0.480 e. The van der Waals surface area contributed by atoms with Gasteiger partial charge < -0.3 is 24.6 Å². The largest absolute Gasteiger partial charge is 0.480 e. The second-order valence-electron chi connectivity index (χ2n) is 7.92. The molecule has 1 fully saturated rings. The summed E-state index contributed by atoms with van der Waals surface area (Å²) in [5.74, 6) is -1.28. The predicted molar refractivity (Wildman–Crippen MR) is 114 cm³/mol. The third kappa shape index (κ3) is 4.73. The van der Waals surface area contributed by atoms with Crippen molar-refractivity contribution in [3.63, 3.8) is 0 Å². The molecular formula is C24H27NO6. The molecule has 1 aliphatic heterocycles. The molecule has 1 unspecified atom stereocenters. The molecule has 2 aromatic rings. The third-order valence-corrected chi connectivity index (χ3v) is 5.86. The number of carboxylic acid groups (broad SMARTS) is 1. The maximum atomic E-state index is 12.5. The van der Waals surface area contributed by atoms with Crippen LogP contribution in [0.5, 0.6) is 0 Å². The molecule has 1 amide bonds. The topological polar surface area (TPSA) is 94.1 Å². The van der Waals surface area contributed by atoms with Crippen LogP contribution in [0.3, 0.4) is 0 Å². The molecule has 3 atom stereocenters. The molecule has 1 aliphatic carbocycles. The van der Waals surface area contributed by atoms with E-state index < -0.39 is 30.5 Å². The van der Waals surface area contributed by atoms with Crippen LogP contribution in [0.4, 0.5) is 4.79 Å². The Morgan fingerprint density at radius 2 is 1.74 bits per heavy atom. The van der Waals surface area contributed by atoms with Crippen LogP contribution in [0.1, 0.15) is 43.2 Å². The van der Waals surface area contributed by atoms with Crippen molar-refractivity contribution in [2.24, 2.45) is 0 Å². The molecule has 2 aliphatic rings. The molecule has 7 nitrogen and oxygen atoms in total. The highest BCUT2D eigenvalue weighted by atomic mass is 16.7. The zero-order valence-electron chi connectivity index (χ0n) is 17.5. The van der Waals surface area contributed by atoms with Crippen LogP contribution in [0, 0.1) is 0 Å². The molecule has 4 rings (SSSR count). The second kappa shape index (κ2) is 9.49. The Morgan fingerprint density at radius 1 is 1.10 bits per heavy atom. The molecule has 1 saturated heterocycles. The van der Waals surface area contributed by atoms with E-state index in [4.69, 9.17) is 14.2 Å². The fourth-order valence-electron chi connectivity index (χ4n) is 4.28. The molecule has 31 heavy (non-hydrogen) atoms. The van der Waals surface area contributed by atoms with E-state index >= 15 is 0 Å². The number of carbonyl (C=O) groups is 2. The molecular weight excluding hydrogens is 398 g/mol. The Kier molecular flexibility index (Phi) is 6.53. The average Bonchev–Trinajstić information content (AvgIpc) is 3.10. The maximum absolute atomic E-state index is 12.5. The molecule has 2 N–H and O–H groups in total. The first-order chi connectivity index (χ1) is 15.0. The van der Waals surface area contributed by atoms with Crippen LogP contribution in [0.25, 0.3) is 11.1 Å². The van der Waals surface area contributed by atoms with E-state index in [2.05, 4.69) is 17.4 Å². The molecule has 1 heterocycles. The van der Waals surface area contributed by atoms with Crippen molar-refractivity contribution >= 4 is 12.1 Å². The van der Waals surface area contributed by atoms with E-state index in [0.29, 0.717) is 13.0 Å². The molecule has 0 aromatic heterocycles. The lowest BCUT2D eigenvalue weighted by Gasteiger charge is -2.29. The number of rotatable bonds is 7. The standard InChI is InChI=1S/C24H27NO6/c1-15(31-21-12-6-7-13-29-21)22(23(26)27)25-24(28)30-14-20-18-10-4-2-8-16(18)17-9-3-5-11-19(17)20/h2-5,8-11,15,20-22H,6-7,12-14H2,1H3,(H,25,28)(H,26,27)/t15-,21?,22-/m1/s1. The monoisotopic (exact) mass is 425 g/mol. The summed E-state index contributed by atoms with van der Waals surface area (Å²) in [6.07, 6.45) is 0.649. The molecule has 0 bridgehead atoms. The van der Waals surface area contributed by atoms with Crippen molar-refractivity contribution in [1.82, 2.24) is 5.32 Å². The van der Waals surface area contributed by atoms with Crippen molar-refractivity contribution in [2.45, 2.75) is 50.5 Å². The predicted octanol–water partition coefficient (Wildman–Crippen LogP) is 3.91. The van der Waals surface area contributed by atoms with E-state index in [-0.39, 0.29) is 12.5 Å². The number of nitrogens with one attached hydrogen (secondary N) is 1. The van der Waals surface area contributed by atoms with Crippen LogP contribution in [0.15, 0.2) is 48.5 Å². The molecule has 0 radical (unpaired) electrons. The maximum Gasteiger partial charge on any atom is 0.407 e. The molecule has 7 heteroatoms. The number of aliphatic carboxylic acids is 1. The number of ether oxygens (including phenoxy) is 3. The van der Waals surface area contributed by atoms with Crippen molar-refractivity contribution in [1.29, 1.82) is 0 Å². The normalized spacial score (nSPS) is 19.7. The number of benzene rings is 2. The van der Waals surface area contributed by atoms with Crippen LogP contribution >= 0.6 is 0 Å². The molecule has 0 spiro atoms. The highest BCUT2D eigenvalue weighted by molar-refractivity contribution is 5.81. The fraction of sp³-hybridized carbons (Fsp3) is 0.417. The lowest BCUT2D eigenvalue weighted by atomic mass is 9.98. The molecule has 0 saturated carbocycles. The minimum atomic E-state index is -1.24. The molecule has 164 valence electrons. The summed E-state index contributed by atoms with van der Waals surface area (Å²) in [6.45, 7) is 2.32. The number of fused-ring (bicyclic) bond motifs is 3. The number of hydrogen-bond acceptors (Lipinski definition) is 5. The van der Waals surface area contributed by atoms with Crippen LogP contribution in [-0.4, -0.2) is 48.8 Å². The van der Waals surface area contributed by atoms with Gasteiger partial charge >= 0.3 is 12.1 Å². The van der Waals surface area contributed by atoms with Gasteiger partial charge in [0.05, 0.1) is 6.10 Å². The van der Waals surface area contributed by atoms with Crippen molar-refractivity contribution < 1.29 is 28.9 Å². The fourth-order valence-corrected chi connectivity index (χ4v) is 4.28. The number of alkyl carbamates (subject to hydrolysis) is 1.